The predicted molar refractivity (Wildman–Crippen MR) is 42.5 cm³/mol. The third kappa shape index (κ3) is 3.21. The molecular weight excluding hydrogens is 114 g/mol. The average molecular weight is 131 g/mol. The van der Waals surface area contributed by atoms with Crippen molar-refractivity contribution in [2.75, 3.05) is 13.6 Å². The minimum absolute atomic E-state index is 0.543. The molecule has 0 amide bonds. The zero-order valence-electron chi connectivity index (χ0n) is 6.41. The van der Waals surface area contributed by atoms with Crippen LogP contribution in [0.2, 0.25) is 6.04 Å². The van der Waals surface area contributed by atoms with Gasteiger partial charge >= 0.3 is 0 Å². The summed E-state index contributed by atoms with van der Waals surface area (Å²) in [7, 11) is 3.33. The molecule has 1 nitrogen and oxygen atoms in total. The number of nitrogens with one attached hydrogen (secondary N) is 1. The molecule has 0 unspecified atom stereocenters. The highest BCUT2D eigenvalue weighted by Crippen LogP contribution is 2.16. The van der Waals surface area contributed by atoms with Gasteiger partial charge in [0.05, 0.1) is 0 Å². The molecular formula is C6H17NSi. The van der Waals surface area contributed by atoms with Gasteiger partial charge in [-0.25, -0.2) is 0 Å². The second-order valence-corrected chi connectivity index (χ2v) is 3.76. The van der Waals surface area contributed by atoms with E-state index in [1.807, 2.05) is 7.05 Å². The summed E-state index contributed by atoms with van der Waals surface area (Å²) in [5.74, 6) is 0. The molecule has 2 heteroatoms. The predicted octanol–water partition coefficient (Wildman–Crippen LogP) is 0.0157. The fourth-order valence-electron chi connectivity index (χ4n) is 0.604. The minimum Gasteiger partial charge on any atom is -0.319 e. The fourth-order valence-corrected chi connectivity index (χ4v) is 0.854. The molecule has 0 spiro atoms. The third-order valence-electron chi connectivity index (χ3n) is 1.61. The van der Waals surface area contributed by atoms with Crippen molar-refractivity contribution in [3.63, 3.8) is 0 Å². The molecule has 0 radical (unpaired) electrons. The van der Waals surface area contributed by atoms with Gasteiger partial charge in [0.25, 0.3) is 0 Å². The van der Waals surface area contributed by atoms with E-state index in [1.54, 1.807) is 0 Å². The van der Waals surface area contributed by atoms with E-state index in [1.165, 1.54) is 16.3 Å². The van der Waals surface area contributed by atoms with Crippen LogP contribution in [0, 0.1) is 5.41 Å². The first-order chi connectivity index (χ1) is 3.62. The van der Waals surface area contributed by atoms with Crippen molar-refractivity contribution in [1.82, 2.24) is 5.32 Å². The van der Waals surface area contributed by atoms with Crippen LogP contribution in [0.15, 0.2) is 0 Å². The first kappa shape index (κ1) is 8.18. The molecule has 0 fully saturated rings. The molecule has 0 aliphatic heterocycles. The fraction of sp³-hybridized carbons (Fsp3) is 1.00. The summed E-state index contributed by atoms with van der Waals surface area (Å²) in [5, 5.41) is 3.18. The van der Waals surface area contributed by atoms with Crippen molar-refractivity contribution >= 4 is 10.2 Å². The Labute approximate surface area is 55.3 Å². The van der Waals surface area contributed by atoms with E-state index in [9.17, 15) is 0 Å². The SMILES string of the molecule is CNCC(C)(C)C[SiH3]. The quantitative estimate of drug-likeness (QED) is 0.532. The lowest BCUT2D eigenvalue weighted by Crippen LogP contribution is -2.25. The highest BCUT2D eigenvalue weighted by Gasteiger charge is 2.11. The van der Waals surface area contributed by atoms with Crippen molar-refractivity contribution < 1.29 is 0 Å². The molecule has 0 heterocycles. The van der Waals surface area contributed by atoms with Gasteiger partial charge in [-0.2, -0.15) is 0 Å². The summed E-state index contributed by atoms with van der Waals surface area (Å²) in [4.78, 5) is 0. The van der Waals surface area contributed by atoms with Gasteiger partial charge in [-0.1, -0.05) is 19.9 Å². The summed E-state index contributed by atoms with van der Waals surface area (Å²) in [6.07, 6.45) is 0. The lowest BCUT2D eigenvalue weighted by Gasteiger charge is -2.21. The first-order valence-corrected chi connectivity index (χ1v) is 4.68. The molecule has 0 aromatic rings. The van der Waals surface area contributed by atoms with E-state index in [2.05, 4.69) is 19.2 Å². The largest absolute Gasteiger partial charge is 0.319 e. The number of rotatable bonds is 3. The highest BCUT2D eigenvalue weighted by atomic mass is 28.1. The molecule has 0 aliphatic carbocycles. The van der Waals surface area contributed by atoms with Crippen molar-refractivity contribution in [3.8, 4) is 0 Å². The Kier molecular flexibility index (Phi) is 3.32. The van der Waals surface area contributed by atoms with E-state index in [-0.39, 0.29) is 0 Å². The van der Waals surface area contributed by atoms with Crippen molar-refractivity contribution in [3.05, 3.63) is 0 Å². The lowest BCUT2D eigenvalue weighted by molar-refractivity contribution is 0.396. The van der Waals surface area contributed by atoms with Gasteiger partial charge in [-0.3, -0.25) is 0 Å². The summed E-state index contributed by atoms with van der Waals surface area (Å²) in [6, 6.07) is 1.38. The van der Waals surface area contributed by atoms with E-state index in [4.69, 9.17) is 0 Å². The number of hydrogen-bond acceptors (Lipinski definition) is 1. The van der Waals surface area contributed by atoms with Crippen LogP contribution in [0.5, 0.6) is 0 Å². The van der Waals surface area contributed by atoms with Gasteiger partial charge in [0.15, 0.2) is 0 Å². The van der Waals surface area contributed by atoms with Gasteiger partial charge in [0.1, 0.15) is 0 Å². The van der Waals surface area contributed by atoms with E-state index in [0.29, 0.717) is 5.41 Å². The van der Waals surface area contributed by atoms with Crippen molar-refractivity contribution in [1.29, 1.82) is 0 Å². The third-order valence-corrected chi connectivity index (χ3v) is 3.53. The van der Waals surface area contributed by atoms with Crippen LogP contribution in [0.25, 0.3) is 0 Å². The summed E-state index contributed by atoms with van der Waals surface area (Å²) in [5.41, 5.74) is 0.543. The molecule has 8 heavy (non-hydrogen) atoms. The van der Waals surface area contributed by atoms with Crippen LogP contribution in [0.3, 0.4) is 0 Å². The van der Waals surface area contributed by atoms with E-state index in [0.717, 1.165) is 6.54 Å². The summed E-state index contributed by atoms with van der Waals surface area (Å²) >= 11 is 0. The van der Waals surface area contributed by atoms with Crippen LogP contribution < -0.4 is 5.32 Å². The van der Waals surface area contributed by atoms with Crippen LogP contribution in [0.1, 0.15) is 13.8 Å². The van der Waals surface area contributed by atoms with Crippen molar-refractivity contribution in [2.24, 2.45) is 5.41 Å². The molecule has 0 saturated carbocycles. The summed E-state index contributed by atoms with van der Waals surface area (Å²) < 4.78 is 0. The molecule has 0 saturated heterocycles. The second-order valence-electron chi connectivity index (χ2n) is 3.05. The number of hydrogen-bond donors (Lipinski definition) is 1. The van der Waals surface area contributed by atoms with Crippen LogP contribution in [0.4, 0.5) is 0 Å². The zero-order valence-corrected chi connectivity index (χ0v) is 8.41. The lowest BCUT2D eigenvalue weighted by atomic mass is 9.97. The monoisotopic (exact) mass is 131 g/mol. The van der Waals surface area contributed by atoms with Crippen LogP contribution in [-0.4, -0.2) is 23.8 Å². The maximum Gasteiger partial charge on any atom is 0.00353 e. The van der Waals surface area contributed by atoms with Crippen molar-refractivity contribution in [2.45, 2.75) is 19.9 Å². The van der Waals surface area contributed by atoms with Gasteiger partial charge in [-0.15, -0.1) is 0 Å². The Balaban J connectivity index is 3.37. The maximum atomic E-state index is 3.18. The molecule has 0 aromatic carbocycles. The molecule has 0 atom stereocenters. The average Bonchev–Trinajstić information content (AvgIpc) is 1.67. The Morgan fingerprint density at radius 3 is 2.12 bits per heavy atom. The van der Waals surface area contributed by atoms with Gasteiger partial charge < -0.3 is 5.32 Å². The zero-order chi connectivity index (χ0) is 6.62. The minimum atomic E-state index is 0.543. The molecule has 1 N–H and O–H groups in total. The first-order valence-electron chi connectivity index (χ1n) is 3.27. The van der Waals surface area contributed by atoms with Gasteiger partial charge in [-0.05, 0) is 19.0 Å². The summed E-state index contributed by atoms with van der Waals surface area (Å²) in [6.45, 7) is 5.75. The Hall–Kier alpha value is 0.177. The molecule has 0 bridgehead atoms. The van der Waals surface area contributed by atoms with Gasteiger partial charge in [0.2, 0.25) is 0 Å². The van der Waals surface area contributed by atoms with Crippen LogP contribution in [-0.2, 0) is 0 Å². The van der Waals surface area contributed by atoms with Gasteiger partial charge in [0, 0.05) is 10.2 Å². The Bertz CT molecular complexity index is 61.5. The second kappa shape index (κ2) is 3.25. The van der Waals surface area contributed by atoms with Crippen LogP contribution >= 0.6 is 0 Å². The molecule has 0 aliphatic rings. The standard InChI is InChI=1S/C6H17NSi/c1-6(2,5-8)4-7-3/h7H,4-5H2,1-3,8H3. The smallest absolute Gasteiger partial charge is 0.00353 e. The molecule has 0 aromatic heterocycles. The highest BCUT2D eigenvalue weighted by molar-refractivity contribution is 6.08. The molecule has 50 valence electrons. The Morgan fingerprint density at radius 1 is 1.50 bits per heavy atom. The molecule has 0 rings (SSSR count). The normalized spacial score (nSPS) is 12.4. The van der Waals surface area contributed by atoms with E-state index >= 15 is 0 Å². The maximum absolute atomic E-state index is 3.18. The Morgan fingerprint density at radius 2 is 2.00 bits per heavy atom. The van der Waals surface area contributed by atoms with E-state index < -0.39 is 0 Å². The topological polar surface area (TPSA) is 12.0 Å².